The van der Waals surface area contributed by atoms with E-state index in [1.807, 2.05) is 0 Å². The predicted molar refractivity (Wildman–Crippen MR) is 78.1 cm³/mol. The number of rotatable bonds is 4. The number of hydrogen-bond acceptors (Lipinski definition) is 4. The van der Waals surface area contributed by atoms with Gasteiger partial charge in [-0.25, -0.2) is 0 Å². The summed E-state index contributed by atoms with van der Waals surface area (Å²) in [5.41, 5.74) is 0.650. The van der Waals surface area contributed by atoms with Crippen molar-refractivity contribution in [1.29, 1.82) is 0 Å². The van der Waals surface area contributed by atoms with E-state index in [0.717, 1.165) is 38.4 Å². The van der Waals surface area contributed by atoms with E-state index >= 15 is 0 Å². The van der Waals surface area contributed by atoms with Crippen molar-refractivity contribution in [2.45, 2.75) is 6.92 Å². The van der Waals surface area contributed by atoms with Crippen molar-refractivity contribution in [2.75, 3.05) is 46.3 Å². The third kappa shape index (κ3) is 3.68. The summed E-state index contributed by atoms with van der Waals surface area (Å²) in [6.45, 7) is 7.27. The fraction of sp³-hybridized carbons (Fsp3) is 0.571. The van der Waals surface area contributed by atoms with E-state index in [1.54, 1.807) is 31.0 Å². The smallest absolute Gasteiger partial charge is 0.260 e. The summed E-state index contributed by atoms with van der Waals surface area (Å²) < 4.78 is 0. The van der Waals surface area contributed by atoms with Gasteiger partial charge >= 0.3 is 0 Å². The number of likely N-dealkylation sites (N-methyl/N-ethyl adjacent to an activating group) is 1. The lowest BCUT2D eigenvalue weighted by Crippen LogP contribution is -2.46. The van der Waals surface area contributed by atoms with Crippen LogP contribution < -0.4 is 10.9 Å². The molecule has 2 rings (SSSR count). The summed E-state index contributed by atoms with van der Waals surface area (Å²) in [5, 5.41) is 3.30. The van der Waals surface area contributed by atoms with E-state index < -0.39 is 0 Å². The minimum Gasteiger partial charge on any atom is -0.340 e. The molecule has 1 aliphatic rings. The first-order valence-corrected chi connectivity index (χ1v) is 6.96. The lowest BCUT2D eigenvalue weighted by Gasteiger charge is -2.29. The Labute approximate surface area is 118 Å². The molecular weight excluding hydrogens is 256 g/mol. The number of piperazine rings is 1. The molecule has 0 saturated carbocycles. The first-order valence-electron chi connectivity index (χ1n) is 6.96. The second kappa shape index (κ2) is 6.67. The van der Waals surface area contributed by atoms with Crippen LogP contribution in [-0.4, -0.2) is 67.0 Å². The van der Waals surface area contributed by atoms with Gasteiger partial charge in [0.1, 0.15) is 5.56 Å². The Morgan fingerprint density at radius 1 is 1.35 bits per heavy atom. The molecule has 6 heteroatoms. The van der Waals surface area contributed by atoms with Crippen molar-refractivity contribution in [3.8, 4) is 0 Å². The van der Waals surface area contributed by atoms with Gasteiger partial charge in [-0.3, -0.25) is 14.5 Å². The lowest BCUT2D eigenvalue weighted by atomic mass is 10.2. The monoisotopic (exact) mass is 278 g/mol. The molecule has 0 radical (unpaired) electrons. The number of aryl methyl sites for hydroxylation is 1. The Bertz CT molecular complexity index is 520. The molecule has 0 unspecified atom stereocenters. The second-order valence-corrected chi connectivity index (χ2v) is 5.20. The van der Waals surface area contributed by atoms with Gasteiger partial charge in [0.25, 0.3) is 11.5 Å². The number of carbonyl (C=O) groups is 1. The van der Waals surface area contributed by atoms with Gasteiger partial charge in [0.2, 0.25) is 0 Å². The highest BCUT2D eigenvalue weighted by atomic mass is 16.2. The van der Waals surface area contributed by atoms with Gasteiger partial charge in [-0.05, 0) is 19.1 Å². The minimum atomic E-state index is -0.316. The fourth-order valence-electron chi connectivity index (χ4n) is 2.27. The molecule has 6 nitrogen and oxygen atoms in total. The molecule has 1 aromatic heterocycles. The molecule has 1 aromatic rings. The third-order valence-corrected chi connectivity index (χ3v) is 3.59. The number of aromatic nitrogens is 1. The molecule has 110 valence electrons. The Morgan fingerprint density at radius 3 is 2.70 bits per heavy atom. The first kappa shape index (κ1) is 14.7. The highest BCUT2D eigenvalue weighted by Gasteiger charge is 2.17. The molecule has 0 atom stereocenters. The van der Waals surface area contributed by atoms with Gasteiger partial charge in [-0.15, -0.1) is 0 Å². The quantitative estimate of drug-likeness (QED) is 0.791. The van der Waals surface area contributed by atoms with E-state index in [4.69, 9.17) is 0 Å². The van der Waals surface area contributed by atoms with E-state index in [2.05, 4.69) is 15.2 Å². The molecule has 2 N–H and O–H groups in total. The van der Waals surface area contributed by atoms with Crippen LogP contribution in [-0.2, 0) is 0 Å². The van der Waals surface area contributed by atoms with E-state index in [0.29, 0.717) is 6.54 Å². The molecular formula is C14H22N4O2. The number of amides is 1. The number of aromatic amines is 1. The van der Waals surface area contributed by atoms with Crippen LogP contribution in [0.2, 0.25) is 0 Å². The molecule has 0 spiro atoms. The summed E-state index contributed by atoms with van der Waals surface area (Å²) in [6.07, 6.45) is 0. The van der Waals surface area contributed by atoms with Crippen LogP contribution in [0.3, 0.4) is 0 Å². The van der Waals surface area contributed by atoms with Gasteiger partial charge < -0.3 is 15.2 Å². The van der Waals surface area contributed by atoms with Gasteiger partial charge in [0, 0.05) is 52.0 Å². The van der Waals surface area contributed by atoms with E-state index in [-0.39, 0.29) is 17.0 Å². The van der Waals surface area contributed by atoms with Crippen molar-refractivity contribution in [3.05, 3.63) is 33.7 Å². The van der Waals surface area contributed by atoms with Crippen LogP contribution in [0, 0.1) is 6.92 Å². The van der Waals surface area contributed by atoms with Crippen molar-refractivity contribution >= 4 is 5.91 Å². The van der Waals surface area contributed by atoms with Crippen LogP contribution in [0.5, 0.6) is 0 Å². The highest BCUT2D eigenvalue weighted by molar-refractivity contribution is 5.93. The normalized spacial score (nSPS) is 16.1. The standard InChI is InChI=1S/C14H22N4O2/c1-11-3-4-12(13(19)16-11)14(20)17(2)9-10-18-7-5-15-6-8-18/h3-4,15H,5-10H2,1-2H3,(H,16,19). The van der Waals surface area contributed by atoms with Crippen molar-refractivity contribution in [2.24, 2.45) is 0 Å². The Morgan fingerprint density at radius 2 is 2.05 bits per heavy atom. The summed E-state index contributed by atoms with van der Waals surface area (Å²) in [7, 11) is 1.74. The number of nitrogens with one attached hydrogen (secondary N) is 2. The summed E-state index contributed by atoms with van der Waals surface area (Å²) >= 11 is 0. The SMILES string of the molecule is Cc1ccc(C(=O)N(C)CCN2CCNCC2)c(=O)[nH]1. The largest absolute Gasteiger partial charge is 0.340 e. The molecule has 1 amide bonds. The van der Waals surface area contributed by atoms with Crippen molar-refractivity contribution in [1.82, 2.24) is 20.1 Å². The van der Waals surface area contributed by atoms with Crippen LogP contribution in [0.1, 0.15) is 16.1 Å². The van der Waals surface area contributed by atoms with Gasteiger partial charge in [-0.1, -0.05) is 0 Å². The highest BCUT2D eigenvalue weighted by Crippen LogP contribution is 2.00. The van der Waals surface area contributed by atoms with E-state index in [9.17, 15) is 9.59 Å². The molecule has 1 saturated heterocycles. The first-order chi connectivity index (χ1) is 9.58. The molecule has 20 heavy (non-hydrogen) atoms. The Balaban J connectivity index is 1.92. The zero-order chi connectivity index (χ0) is 14.5. The maximum absolute atomic E-state index is 12.2. The van der Waals surface area contributed by atoms with Crippen molar-refractivity contribution < 1.29 is 4.79 Å². The maximum Gasteiger partial charge on any atom is 0.260 e. The second-order valence-electron chi connectivity index (χ2n) is 5.20. The number of pyridine rings is 1. The molecule has 1 aliphatic heterocycles. The number of nitrogens with zero attached hydrogens (tertiary/aromatic N) is 2. The van der Waals surface area contributed by atoms with Crippen LogP contribution in [0.4, 0.5) is 0 Å². The zero-order valence-corrected chi connectivity index (χ0v) is 12.1. The Hall–Kier alpha value is -1.66. The zero-order valence-electron chi connectivity index (χ0n) is 12.1. The van der Waals surface area contributed by atoms with Crippen LogP contribution in [0.15, 0.2) is 16.9 Å². The number of hydrogen-bond donors (Lipinski definition) is 2. The summed E-state index contributed by atoms with van der Waals surface area (Å²) in [5.74, 6) is -0.221. The van der Waals surface area contributed by atoms with Gasteiger partial charge in [0.15, 0.2) is 0 Å². The van der Waals surface area contributed by atoms with Gasteiger partial charge in [0.05, 0.1) is 0 Å². The number of H-pyrrole nitrogens is 1. The molecule has 0 aromatic carbocycles. The average Bonchev–Trinajstić information content (AvgIpc) is 2.45. The topological polar surface area (TPSA) is 68.4 Å². The fourth-order valence-corrected chi connectivity index (χ4v) is 2.27. The summed E-state index contributed by atoms with van der Waals surface area (Å²) in [6, 6.07) is 3.34. The average molecular weight is 278 g/mol. The van der Waals surface area contributed by atoms with Crippen LogP contribution >= 0.6 is 0 Å². The molecule has 0 bridgehead atoms. The Kier molecular flexibility index (Phi) is 4.92. The molecule has 0 aliphatic carbocycles. The van der Waals surface area contributed by atoms with Crippen molar-refractivity contribution in [3.63, 3.8) is 0 Å². The third-order valence-electron chi connectivity index (χ3n) is 3.59. The predicted octanol–water partition coefficient (Wildman–Crippen LogP) is -0.339. The maximum atomic E-state index is 12.2. The number of carbonyl (C=O) groups excluding carboxylic acids is 1. The van der Waals surface area contributed by atoms with Gasteiger partial charge in [-0.2, -0.15) is 0 Å². The minimum absolute atomic E-state index is 0.207. The van der Waals surface area contributed by atoms with E-state index in [1.165, 1.54) is 0 Å². The molecule has 2 heterocycles. The van der Waals surface area contributed by atoms with Crippen LogP contribution in [0.25, 0.3) is 0 Å². The lowest BCUT2D eigenvalue weighted by molar-refractivity contribution is 0.0773. The summed E-state index contributed by atoms with van der Waals surface area (Å²) in [4.78, 5) is 30.6. The molecule has 1 fully saturated rings.